The topological polar surface area (TPSA) is 59.2 Å². The number of carbonyl (C=O) groups is 1. The van der Waals surface area contributed by atoms with Crippen molar-refractivity contribution in [1.82, 2.24) is 15.0 Å². The smallest absolute Gasteiger partial charge is 0.227 e. The van der Waals surface area contributed by atoms with Crippen LogP contribution in [0.1, 0.15) is 29.0 Å². The highest BCUT2D eigenvalue weighted by Crippen LogP contribution is 2.20. The van der Waals surface area contributed by atoms with E-state index in [1.807, 2.05) is 96.8 Å². The first-order valence-electron chi connectivity index (χ1n) is 10.4. The number of aromatic nitrogens is 2. The van der Waals surface area contributed by atoms with Crippen molar-refractivity contribution in [3.05, 3.63) is 108 Å². The molecule has 5 nitrogen and oxygen atoms in total. The molecule has 1 amide bonds. The molecular weight excluding hydrogens is 386 g/mol. The van der Waals surface area contributed by atoms with Gasteiger partial charge in [0.2, 0.25) is 17.6 Å². The fourth-order valence-electron chi connectivity index (χ4n) is 3.50. The number of amides is 1. The number of carbonyl (C=O) groups excluding carboxylic acids is 1. The normalized spacial score (nSPS) is 10.7. The molecule has 0 bridgehead atoms. The van der Waals surface area contributed by atoms with Gasteiger partial charge < -0.3 is 9.42 Å². The Kier molecular flexibility index (Phi) is 6.53. The SMILES string of the molecule is Cc1ccccc1-c1noc(CCC(=O)N(Cc2ccccc2)Cc2ccccc2)n1. The molecular formula is C26H25N3O2. The number of aryl methyl sites for hydroxylation is 2. The first-order valence-corrected chi connectivity index (χ1v) is 10.4. The molecule has 0 atom stereocenters. The van der Waals surface area contributed by atoms with Gasteiger partial charge in [-0.15, -0.1) is 0 Å². The van der Waals surface area contributed by atoms with Gasteiger partial charge in [-0.1, -0.05) is 90.1 Å². The first kappa shape index (κ1) is 20.5. The minimum absolute atomic E-state index is 0.0587. The zero-order chi connectivity index (χ0) is 21.5. The van der Waals surface area contributed by atoms with Crippen molar-refractivity contribution in [2.45, 2.75) is 32.9 Å². The minimum atomic E-state index is 0.0587. The second-order valence-electron chi connectivity index (χ2n) is 7.55. The molecule has 0 aliphatic carbocycles. The fourth-order valence-corrected chi connectivity index (χ4v) is 3.50. The van der Waals surface area contributed by atoms with Crippen LogP contribution in [0, 0.1) is 6.92 Å². The number of benzene rings is 3. The van der Waals surface area contributed by atoms with Crippen molar-refractivity contribution < 1.29 is 9.32 Å². The van der Waals surface area contributed by atoms with Crippen LogP contribution in [0.4, 0.5) is 0 Å². The van der Waals surface area contributed by atoms with Crippen LogP contribution in [0.5, 0.6) is 0 Å². The second kappa shape index (κ2) is 9.85. The Bertz CT molecular complexity index is 1080. The van der Waals surface area contributed by atoms with E-state index in [-0.39, 0.29) is 5.91 Å². The van der Waals surface area contributed by atoms with Crippen molar-refractivity contribution in [3.63, 3.8) is 0 Å². The van der Waals surface area contributed by atoms with Crippen LogP contribution in [0.3, 0.4) is 0 Å². The maximum atomic E-state index is 13.1. The zero-order valence-electron chi connectivity index (χ0n) is 17.6. The largest absolute Gasteiger partial charge is 0.339 e. The molecule has 1 heterocycles. The Hall–Kier alpha value is -3.73. The van der Waals surface area contributed by atoms with Gasteiger partial charge in [0, 0.05) is 31.5 Å². The monoisotopic (exact) mass is 411 g/mol. The predicted molar refractivity (Wildman–Crippen MR) is 120 cm³/mol. The third kappa shape index (κ3) is 5.45. The lowest BCUT2D eigenvalue weighted by molar-refractivity contribution is -0.132. The van der Waals surface area contributed by atoms with Crippen LogP contribution in [0.15, 0.2) is 89.5 Å². The van der Waals surface area contributed by atoms with Crippen molar-refractivity contribution in [1.29, 1.82) is 0 Å². The molecule has 0 N–H and O–H groups in total. The molecule has 0 spiro atoms. The highest BCUT2D eigenvalue weighted by Gasteiger charge is 2.17. The Morgan fingerprint density at radius 3 is 2.03 bits per heavy atom. The molecule has 4 rings (SSSR count). The van der Waals surface area contributed by atoms with Gasteiger partial charge in [-0.3, -0.25) is 4.79 Å². The Labute approximate surface area is 182 Å². The van der Waals surface area contributed by atoms with E-state index in [2.05, 4.69) is 10.1 Å². The predicted octanol–water partition coefficient (Wildman–Crippen LogP) is 5.21. The zero-order valence-corrected chi connectivity index (χ0v) is 17.6. The van der Waals surface area contributed by atoms with E-state index in [1.54, 1.807) is 0 Å². The number of nitrogens with zero attached hydrogens (tertiary/aromatic N) is 3. The van der Waals surface area contributed by atoms with Gasteiger partial charge in [-0.25, -0.2) is 0 Å². The molecule has 5 heteroatoms. The summed E-state index contributed by atoms with van der Waals surface area (Å²) < 4.78 is 5.41. The van der Waals surface area contributed by atoms with Gasteiger partial charge in [-0.05, 0) is 23.6 Å². The van der Waals surface area contributed by atoms with Gasteiger partial charge in [0.05, 0.1) is 0 Å². The second-order valence-corrected chi connectivity index (χ2v) is 7.55. The van der Waals surface area contributed by atoms with E-state index in [0.717, 1.165) is 22.3 Å². The van der Waals surface area contributed by atoms with Crippen LogP contribution >= 0.6 is 0 Å². The number of hydrogen-bond acceptors (Lipinski definition) is 4. The highest BCUT2D eigenvalue weighted by atomic mass is 16.5. The van der Waals surface area contributed by atoms with Gasteiger partial charge in [-0.2, -0.15) is 4.98 Å². The Morgan fingerprint density at radius 1 is 0.839 bits per heavy atom. The molecule has 156 valence electrons. The van der Waals surface area contributed by atoms with E-state index in [0.29, 0.717) is 37.6 Å². The van der Waals surface area contributed by atoms with Crippen LogP contribution in [-0.2, 0) is 24.3 Å². The Morgan fingerprint density at radius 2 is 1.42 bits per heavy atom. The summed E-state index contributed by atoms with van der Waals surface area (Å²) in [6, 6.07) is 28.0. The first-order chi connectivity index (χ1) is 15.2. The summed E-state index contributed by atoms with van der Waals surface area (Å²) in [6.45, 7) is 3.14. The van der Waals surface area contributed by atoms with Crippen molar-refractivity contribution in [2.75, 3.05) is 0 Å². The van der Waals surface area contributed by atoms with Crippen LogP contribution in [-0.4, -0.2) is 20.9 Å². The molecule has 0 aliphatic rings. The number of hydrogen-bond donors (Lipinski definition) is 0. The summed E-state index contributed by atoms with van der Waals surface area (Å²) in [6.07, 6.45) is 0.729. The van der Waals surface area contributed by atoms with E-state index < -0.39 is 0 Å². The maximum Gasteiger partial charge on any atom is 0.227 e. The molecule has 0 aliphatic heterocycles. The Balaban J connectivity index is 1.44. The summed E-state index contributed by atoms with van der Waals surface area (Å²) in [5.74, 6) is 1.10. The fraction of sp³-hybridized carbons (Fsp3) is 0.192. The molecule has 0 fully saturated rings. The molecule has 31 heavy (non-hydrogen) atoms. The molecule has 3 aromatic carbocycles. The van der Waals surface area contributed by atoms with E-state index in [1.165, 1.54) is 0 Å². The van der Waals surface area contributed by atoms with Crippen molar-refractivity contribution in [3.8, 4) is 11.4 Å². The van der Waals surface area contributed by atoms with Crippen LogP contribution in [0.2, 0.25) is 0 Å². The summed E-state index contributed by atoms with van der Waals surface area (Å²) in [7, 11) is 0. The molecule has 0 radical (unpaired) electrons. The summed E-state index contributed by atoms with van der Waals surface area (Å²) in [4.78, 5) is 19.5. The van der Waals surface area contributed by atoms with Crippen molar-refractivity contribution in [2.24, 2.45) is 0 Å². The molecule has 0 saturated carbocycles. The highest BCUT2D eigenvalue weighted by molar-refractivity contribution is 5.76. The lowest BCUT2D eigenvalue weighted by atomic mass is 10.1. The minimum Gasteiger partial charge on any atom is -0.339 e. The summed E-state index contributed by atoms with van der Waals surface area (Å²) in [5, 5.41) is 4.09. The average molecular weight is 412 g/mol. The summed E-state index contributed by atoms with van der Waals surface area (Å²) >= 11 is 0. The molecule has 1 aromatic heterocycles. The molecule has 4 aromatic rings. The lowest BCUT2D eigenvalue weighted by Crippen LogP contribution is -2.30. The van der Waals surface area contributed by atoms with Crippen LogP contribution < -0.4 is 0 Å². The summed E-state index contributed by atoms with van der Waals surface area (Å²) in [5.41, 5.74) is 4.24. The third-order valence-electron chi connectivity index (χ3n) is 5.19. The van der Waals surface area contributed by atoms with Gasteiger partial charge in [0.25, 0.3) is 0 Å². The molecule has 0 saturated heterocycles. The van der Waals surface area contributed by atoms with Crippen LogP contribution in [0.25, 0.3) is 11.4 Å². The molecule has 0 unspecified atom stereocenters. The quantitative estimate of drug-likeness (QED) is 0.399. The number of rotatable bonds is 8. The third-order valence-corrected chi connectivity index (χ3v) is 5.19. The van der Waals surface area contributed by atoms with Gasteiger partial charge >= 0.3 is 0 Å². The average Bonchev–Trinajstić information content (AvgIpc) is 3.27. The standard InChI is InChI=1S/C26H25N3O2/c1-20-10-8-9-15-23(20)26-27-24(31-28-26)16-17-25(30)29(18-21-11-4-2-5-12-21)19-22-13-6-3-7-14-22/h2-15H,16-19H2,1H3. The van der Waals surface area contributed by atoms with Gasteiger partial charge in [0.15, 0.2) is 0 Å². The van der Waals surface area contributed by atoms with Crippen molar-refractivity contribution >= 4 is 5.91 Å². The van der Waals surface area contributed by atoms with E-state index >= 15 is 0 Å². The lowest BCUT2D eigenvalue weighted by Gasteiger charge is -2.23. The van der Waals surface area contributed by atoms with Gasteiger partial charge in [0.1, 0.15) is 0 Å². The van der Waals surface area contributed by atoms with E-state index in [9.17, 15) is 4.79 Å². The maximum absolute atomic E-state index is 13.1. The van der Waals surface area contributed by atoms with E-state index in [4.69, 9.17) is 4.52 Å².